The maximum Gasteiger partial charge on any atom is 1.00 e. The average Bonchev–Trinajstić information content (AvgIpc) is 1.00. The fourth-order valence-electron chi connectivity index (χ4n) is 0. The van der Waals surface area contributed by atoms with Crippen LogP contribution in [0, 0.1) is 0 Å². The molecule has 0 aliphatic heterocycles. The van der Waals surface area contributed by atoms with Crippen molar-refractivity contribution in [2.75, 3.05) is 0 Å². The summed E-state index contributed by atoms with van der Waals surface area (Å²) in [5, 5.41) is 0. The van der Waals surface area contributed by atoms with Crippen LogP contribution in [0.4, 0.5) is 0 Å². The predicted octanol–water partition coefficient (Wildman–Crippen LogP) is -2.33. The van der Waals surface area contributed by atoms with Gasteiger partial charge in [-0.2, -0.15) is 0 Å². The van der Waals surface area contributed by atoms with Crippen LogP contribution in [-0.2, 0) is 17.1 Å². The minimum atomic E-state index is 0. The Labute approximate surface area is 76.3 Å². The van der Waals surface area contributed by atoms with Crippen molar-refractivity contribution in [2.24, 2.45) is 0 Å². The van der Waals surface area contributed by atoms with Crippen LogP contribution in [-0.4, -0.2) is 4.66 Å². The molecule has 0 heterocycles. The molecule has 0 rings (SSSR count). The fourth-order valence-corrected chi connectivity index (χ4v) is 0. The van der Waals surface area contributed by atoms with Crippen molar-refractivity contribution in [1.29, 1.82) is 0 Å². The largest absolute Gasteiger partial charge is 1.00 e. The van der Waals surface area contributed by atoms with Gasteiger partial charge in [0.1, 0.15) is 0 Å². The molecule has 0 atom stereocenters. The summed E-state index contributed by atoms with van der Waals surface area (Å²) in [6.45, 7) is 0. The van der Waals surface area contributed by atoms with Gasteiger partial charge in [-0.3, -0.25) is 4.66 Å². The summed E-state index contributed by atoms with van der Waals surface area (Å²) >= 11 is 3.64. The van der Waals surface area contributed by atoms with Crippen molar-refractivity contribution in [3.63, 3.8) is 0 Å². The van der Waals surface area contributed by atoms with Gasteiger partial charge in [-0.05, 0) is 0 Å². The van der Waals surface area contributed by atoms with Crippen LogP contribution in [0.5, 0.6) is 0 Å². The quantitative estimate of drug-likeness (QED) is 0.403. The summed E-state index contributed by atoms with van der Waals surface area (Å²) < 4.78 is 6.47. The Balaban J connectivity index is -0.000000000833. The first kappa shape index (κ1) is 27.7. The average molecular weight is 169 g/mol. The SMILES string of the molecule is Cl.OCl.[Fe].[H-].[Na+]. The van der Waals surface area contributed by atoms with Gasteiger partial charge in [-0.15, -0.1) is 12.4 Å². The molecule has 1 nitrogen and oxygen atoms in total. The van der Waals surface area contributed by atoms with E-state index in [2.05, 4.69) is 11.9 Å². The van der Waals surface area contributed by atoms with Crippen LogP contribution in [0.25, 0.3) is 0 Å². The van der Waals surface area contributed by atoms with Gasteiger partial charge >= 0.3 is 29.6 Å². The molecule has 0 aromatic rings. The molecule has 5 heavy (non-hydrogen) atoms. The summed E-state index contributed by atoms with van der Waals surface area (Å²) in [7, 11) is 0. The van der Waals surface area contributed by atoms with Crippen molar-refractivity contribution < 1.29 is 52.7 Å². The number of hydrogen-bond acceptors (Lipinski definition) is 1. The molecule has 0 spiro atoms. The van der Waals surface area contributed by atoms with Gasteiger partial charge in [-0.25, -0.2) is 0 Å². The number of rotatable bonds is 0. The van der Waals surface area contributed by atoms with E-state index < -0.39 is 0 Å². The second-order valence-electron chi connectivity index (χ2n) is 0. The van der Waals surface area contributed by atoms with E-state index in [-0.39, 0.29) is 60.5 Å². The van der Waals surface area contributed by atoms with E-state index in [1.807, 2.05) is 0 Å². The molecule has 0 saturated heterocycles. The minimum absolute atomic E-state index is 0. The zero-order valence-corrected chi connectivity index (χ0v) is 7.26. The van der Waals surface area contributed by atoms with Crippen LogP contribution in [0.1, 0.15) is 1.43 Å². The molecule has 32 valence electrons. The molecule has 0 radical (unpaired) electrons. The third kappa shape index (κ3) is 23.5. The molecule has 0 amide bonds. The summed E-state index contributed by atoms with van der Waals surface area (Å²) in [6, 6.07) is 0. The van der Waals surface area contributed by atoms with Crippen LogP contribution in [0.3, 0.4) is 0 Å². The molecule has 0 aliphatic rings. The zero-order valence-electron chi connectivity index (χ0n) is 3.59. The van der Waals surface area contributed by atoms with Crippen LogP contribution in [0.2, 0.25) is 0 Å². The first-order valence-corrected chi connectivity index (χ1v) is 0.507. The minimum Gasteiger partial charge on any atom is -1.00 e. The number of hydrogen-bond donors (Lipinski definition) is 1. The standard InChI is InChI=1S/ClHO.ClH.Fe.Na.H/c1-2;;;;/h2H;1H;;;/q;;;+1;-1. The Morgan fingerprint density at radius 3 is 1.40 bits per heavy atom. The van der Waals surface area contributed by atoms with E-state index in [0.717, 1.165) is 0 Å². The number of halogens is 2. The van der Waals surface area contributed by atoms with Gasteiger partial charge in [-0.1, -0.05) is 0 Å². The maximum absolute atomic E-state index is 6.47. The van der Waals surface area contributed by atoms with Crippen molar-refractivity contribution >= 4 is 24.3 Å². The van der Waals surface area contributed by atoms with Gasteiger partial charge in [0.15, 0.2) is 0 Å². The molecule has 0 unspecified atom stereocenters. The van der Waals surface area contributed by atoms with Crippen molar-refractivity contribution in [1.82, 2.24) is 0 Å². The van der Waals surface area contributed by atoms with Gasteiger partial charge in [0.25, 0.3) is 0 Å². The van der Waals surface area contributed by atoms with Gasteiger partial charge < -0.3 is 1.43 Å². The topological polar surface area (TPSA) is 20.2 Å². The van der Waals surface area contributed by atoms with E-state index in [1.165, 1.54) is 0 Å². The summed E-state index contributed by atoms with van der Waals surface area (Å²) in [6.07, 6.45) is 0. The summed E-state index contributed by atoms with van der Waals surface area (Å²) in [4.78, 5) is 0. The molecule has 5 heteroatoms. The van der Waals surface area contributed by atoms with Crippen LogP contribution < -0.4 is 29.6 Å². The molecular formula is H3Cl2FeNaO. The normalized spacial score (nSPS) is 1.20. The van der Waals surface area contributed by atoms with E-state index in [0.29, 0.717) is 0 Å². The van der Waals surface area contributed by atoms with E-state index in [4.69, 9.17) is 4.66 Å². The Bertz CT molecular complexity index is 13.5. The Kier molecular flexibility index (Phi) is 203. The van der Waals surface area contributed by atoms with E-state index in [1.54, 1.807) is 0 Å². The third-order valence-electron chi connectivity index (χ3n) is 0. The smallest absolute Gasteiger partial charge is 1.00 e. The predicted molar refractivity (Wildman–Crippen MR) is 16.4 cm³/mol. The maximum atomic E-state index is 6.47. The second-order valence-corrected chi connectivity index (χ2v) is 0. The molecule has 0 aliphatic carbocycles. The zero-order chi connectivity index (χ0) is 2.00. The third-order valence-corrected chi connectivity index (χ3v) is 0. The molecule has 1 N–H and O–H groups in total. The van der Waals surface area contributed by atoms with E-state index in [9.17, 15) is 0 Å². The van der Waals surface area contributed by atoms with Crippen LogP contribution in [0.15, 0.2) is 0 Å². The first-order chi connectivity index (χ1) is 1.00. The summed E-state index contributed by atoms with van der Waals surface area (Å²) in [5.74, 6) is 0. The van der Waals surface area contributed by atoms with Gasteiger partial charge in [0, 0.05) is 17.1 Å². The molecule has 0 aromatic carbocycles. The Morgan fingerprint density at radius 2 is 1.40 bits per heavy atom. The Morgan fingerprint density at radius 1 is 1.40 bits per heavy atom. The van der Waals surface area contributed by atoms with Crippen molar-refractivity contribution in [3.05, 3.63) is 0 Å². The monoisotopic (exact) mass is 168 g/mol. The van der Waals surface area contributed by atoms with Crippen molar-refractivity contribution in [2.45, 2.75) is 0 Å². The van der Waals surface area contributed by atoms with Gasteiger partial charge in [0.2, 0.25) is 0 Å². The fraction of sp³-hybridized carbons (Fsp3) is 0. The second kappa shape index (κ2) is 36.6. The van der Waals surface area contributed by atoms with Crippen LogP contribution >= 0.6 is 24.3 Å². The summed E-state index contributed by atoms with van der Waals surface area (Å²) in [5.41, 5.74) is 0. The molecule has 0 aromatic heterocycles. The molecule has 0 bridgehead atoms. The molecule has 0 fully saturated rings. The first-order valence-electron chi connectivity index (χ1n) is 0.169. The molecular weight excluding hydrogens is 166 g/mol. The molecule has 0 saturated carbocycles. The Hall–Kier alpha value is 2.06. The van der Waals surface area contributed by atoms with Gasteiger partial charge in [0.05, 0.1) is 11.9 Å². The van der Waals surface area contributed by atoms with E-state index >= 15 is 0 Å². The van der Waals surface area contributed by atoms with Crippen molar-refractivity contribution in [3.8, 4) is 0 Å².